The van der Waals surface area contributed by atoms with Gasteiger partial charge in [0.05, 0.1) is 11.0 Å². The molecule has 0 atom stereocenters. The number of benzene rings is 1. The van der Waals surface area contributed by atoms with Gasteiger partial charge in [-0.3, -0.25) is 14.6 Å². The summed E-state index contributed by atoms with van der Waals surface area (Å²) in [5, 5.41) is 13.4. The van der Waals surface area contributed by atoms with E-state index in [1.165, 1.54) is 6.20 Å². The Kier molecular flexibility index (Phi) is 3.70. The molecule has 0 aliphatic rings. The zero-order valence-corrected chi connectivity index (χ0v) is 11.4. The number of aliphatic carboxylic acids is 1. The number of aromatic nitrogens is 1. The van der Waals surface area contributed by atoms with Crippen LogP contribution in [0.3, 0.4) is 0 Å². The maximum atomic E-state index is 12.2. The monoisotopic (exact) mass is 272 g/mol. The predicted octanol–water partition coefficient (Wildman–Crippen LogP) is 2.08. The van der Waals surface area contributed by atoms with Gasteiger partial charge in [0.2, 0.25) is 0 Å². The minimum Gasteiger partial charge on any atom is -0.481 e. The van der Waals surface area contributed by atoms with Crippen molar-refractivity contribution in [2.75, 3.05) is 6.54 Å². The van der Waals surface area contributed by atoms with Gasteiger partial charge >= 0.3 is 5.97 Å². The van der Waals surface area contributed by atoms with Gasteiger partial charge in [0.25, 0.3) is 5.91 Å². The fraction of sp³-hybridized carbons (Fsp3) is 0.267. The van der Waals surface area contributed by atoms with E-state index in [-0.39, 0.29) is 12.5 Å². The highest BCUT2D eigenvalue weighted by Crippen LogP contribution is 2.18. The van der Waals surface area contributed by atoms with E-state index in [1.54, 1.807) is 20.0 Å². The van der Waals surface area contributed by atoms with Gasteiger partial charge in [0.15, 0.2) is 0 Å². The molecule has 20 heavy (non-hydrogen) atoms. The molecule has 5 nitrogen and oxygen atoms in total. The topological polar surface area (TPSA) is 79.3 Å². The number of nitrogens with one attached hydrogen (secondary N) is 1. The van der Waals surface area contributed by atoms with E-state index >= 15 is 0 Å². The molecular weight excluding hydrogens is 256 g/mol. The summed E-state index contributed by atoms with van der Waals surface area (Å²) in [5.74, 6) is -1.27. The van der Waals surface area contributed by atoms with E-state index < -0.39 is 11.4 Å². The van der Waals surface area contributed by atoms with Crippen molar-refractivity contribution < 1.29 is 14.7 Å². The molecule has 5 heteroatoms. The van der Waals surface area contributed by atoms with Gasteiger partial charge in [-0.1, -0.05) is 24.3 Å². The van der Waals surface area contributed by atoms with Gasteiger partial charge in [-0.15, -0.1) is 0 Å². The van der Waals surface area contributed by atoms with Gasteiger partial charge in [-0.2, -0.15) is 0 Å². The van der Waals surface area contributed by atoms with Crippen molar-refractivity contribution in [3.05, 3.63) is 42.2 Å². The van der Waals surface area contributed by atoms with Crippen molar-refractivity contribution in [3.63, 3.8) is 0 Å². The van der Waals surface area contributed by atoms with E-state index in [9.17, 15) is 9.59 Å². The molecule has 0 aliphatic heterocycles. The number of carboxylic acid groups (broad SMARTS) is 1. The summed E-state index contributed by atoms with van der Waals surface area (Å²) in [6.07, 6.45) is 3.18. The summed E-state index contributed by atoms with van der Waals surface area (Å²) in [5.41, 5.74) is -0.558. The molecule has 104 valence electrons. The molecule has 2 rings (SSSR count). The minimum absolute atomic E-state index is 0.0599. The van der Waals surface area contributed by atoms with E-state index in [0.717, 1.165) is 10.8 Å². The summed E-state index contributed by atoms with van der Waals surface area (Å²) in [6, 6.07) is 7.44. The highest BCUT2D eigenvalue weighted by molar-refractivity contribution is 6.06. The third kappa shape index (κ3) is 2.77. The molecular formula is C15H16N2O3. The van der Waals surface area contributed by atoms with Crippen LogP contribution < -0.4 is 5.32 Å². The fourth-order valence-electron chi connectivity index (χ4n) is 1.77. The van der Waals surface area contributed by atoms with Gasteiger partial charge in [-0.05, 0) is 19.2 Å². The first-order valence-electron chi connectivity index (χ1n) is 6.26. The first-order valence-corrected chi connectivity index (χ1v) is 6.26. The number of hydrogen-bond acceptors (Lipinski definition) is 3. The molecule has 0 fully saturated rings. The zero-order valence-electron chi connectivity index (χ0n) is 11.4. The molecule has 2 aromatic rings. The Morgan fingerprint density at radius 2 is 1.95 bits per heavy atom. The first kappa shape index (κ1) is 14.0. The van der Waals surface area contributed by atoms with Crippen molar-refractivity contribution in [2.24, 2.45) is 5.41 Å². The molecule has 2 N–H and O–H groups in total. The Morgan fingerprint density at radius 3 is 2.65 bits per heavy atom. The number of amides is 1. The molecule has 0 saturated heterocycles. The van der Waals surface area contributed by atoms with Gasteiger partial charge in [0, 0.05) is 24.3 Å². The number of fused-ring (bicyclic) bond motifs is 1. The van der Waals surface area contributed by atoms with Crippen LogP contribution in [0.25, 0.3) is 10.8 Å². The Labute approximate surface area is 116 Å². The van der Waals surface area contributed by atoms with Gasteiger partial charge in [0.1, 0.15) is 0 Å². The third-order valence-electron chi connectivity index (χ3n) is 3.18. The first-order chi connectivity index (χ1) is 9.42. The second-order valence-electron chi connectivity index (χ2n) is 5.28. The van der Waals surface area contributed by atoms with Crippen LogP contribution in [0.1, 0.15) is 24.2 Å². The lowest BCUT2D eigenvalue weighted by molar-refractivity contribution is -0.146. The standard InChI is InChI=1S/C15H16N2O3/c1-15(2,14(19)20)9-17-13(18)12-8-16-7-10-5-3-4-6-11(10)12/h3-8H,9H2,1-2H3,(H,17,18)(H,19,20). The summed E-state index contributed by atoms with van der Waals surface area (Å²) < 4.78 is 0. The number of pyridine rings is 1. The number of nitrogens with zero attached hydrogens (tertiary/aromatic N) is 1. The number of rotatable bonds is 4. The molecule has 1 aromatic heterocycles. The van der Waals surface area contributed by atoms with Crippen LogP contribution in [0.15, 0.2) is 36.7 Å². The third-order valence-corrected chi connectivity index (χ3v) is 3.18. The number of carboxylic acids is 1. The average molecular weight is 272 g/mol. The SMILES string of the molecule is CC(C)(CNC(=O)c1cncc2ccccc12)C(=O)O. The molecule has 1 aromatic carbocycles. The van der Waals surface area contributed by atoms with Crippen molar-refractivity contribution in [3.8, 4) is 0 Å². The van der Waals surface area contributed by atoms with Crippen LogP contribution in [0.4, 0.5) is 0 Å². The molecule has 0 radical (unpaired) electrons. The highest BCUT2D eigenvalue weighted by atomic mass is 16.4. The molecule has 0 aliphatic carbocycles. The van der Waals surface area contributed by atoms with Crippen LogP contribution in [0, 0.1) is 5.41 Å². The van der Waals surface area contributed by atoms with Crippen molar-refractivity contribution >= 4 is 22.6 Å². The second kappa shape index (κ2) is 5.28. The predicted molar refractivity (Wildman–Crippen MR) is 75.5 cm³/mol. The normalized spacial score (nSPS) is 11.3. The van der Waals surface area contributed by atoms with Crippen LogP contribution in [0.2, 0.25) is 0 Å². The van der Waals surface area contributed by atoms with Gasteiger partial charge in [-0.25, -0.2) is 0 Å². The van der Waals surface area contributed by atoms with E-state index in [4.69, 9.17) is 5.11 Å². The van der Waals surface area contributed by atoms with E-state index in [2.05, 4.69) is 10.3 Å². The van der Waals surface area contributed by atoms with E-state index in [0.29, 0.717) is 5.56 Å². The maximum absolute atomic E-state index is 12.2. The molecule has 0 bridgehead atoms. The minimum atomic E-state index is -1.01. The summed E-state index contributed by atoms with van der Waals surface area (Å²) in [4.78, 5) is 27.2. The number of carbonyl (C=O) groups is 2. The lowest BCUT2D eigenvalue weighted by Crippen LogP contribution is -2.39. The van der Waals surface area contributed by atoms with Crippen molar-refractivity contribution in [1.82, 2.24) is 10.3 Å². The fourth-order valence-corrected chi connectivity index (χ4v) is 1.77. The van der Waals surface area contributed by atoms with Crippen LogP contribution in [-0.2, 0) is 4.79 Å². The Balaban J connectivity index is 2.22. The molecule has 0 saturated carbocycles. The zero-order chi connectivity index (χ0) is 14.8. The summed E-state index contributed by atoms with van der Waals surface area (Å²) in [7, 11) is 0. The Hall–Kier alpha value is -2.43. The maximum Gasteiger partial charge on any atom is 0.310 e. The Bertz CT molecular complexity index is 660. The second-order valence-corrected chi connectivity index (χ2v) is 5.28. The summed E-state index contributed by atoms with van der Waals surface area (Å²) in [6.45, 7) is 3.19. The summed E-state index contributed by atoms with van der Waals surface area (Å²) >= 11 is 0. The lowest BCUT2D eigenvalue weighted by Gasteiger charge is -2.19. The van der Waals surface area contributed by atoms with Crippen LogP contribution in [0.5, 0.6) is 0 Å². The average Bonchev–Trinajstić information content (AvgIpc) is 2.44. The molecule has 1 heterocycles. The highest BCUT2D eigenvalue weighted by Gasteiger charge is 2.27. The Morgan fingerprint density at radius 1 is 1.25 bits per heavy atom. The number of hydrogen-bond donors (Lipinski definition) is 2. The number of carbonyl (C=O) groups excluding carboxylic acids is 1. The molecule has 0 spiro atoms. The smallest absolute Gasteiger partial charge is 0.310 e. The lowest BCUT2D eigenvalue weighted by atomic mass is 9.94. The van der Waals surface area contributed by atoms with Crippen molar-refractivity contribution in [2.45, 2.75) is 13.8 Å². The quantitative estimate of drug-likeness (QED) is 0.893. The van der Waals surface area contributed by atoms with Crippen LogP contribution in [-0.4, -0.2) is 28.5 Å². The van der Waals surface area contributed by atoms with Crippen LogP contribution >= 0.6 is 0 Å². The van der Waals surface area contributed by atoms with Gasteiger partial charge < -0.3 is 10.4 Å². The largest absolute Gasteiger partial charge is 0.481 e. The van der Waals surface area contributed by atoms with E-state index in [1.807, 2.05) is 24.3 Å². The molecule has 1 amide bonds. The molecule has 0 unspecified atom stereocenters. The van der Waals surface area contributed by atoms with Crippen molar-refractivity contribution in [1.29, 1.82) is 0 Å².